The highest BCUT2D eigenvalue weighted by atomic mass is 16.5. The number of hydrogen-bond acceptors (Lipinski definition) is 3. The number of hydrogen-bond donors (Lipinski definition) is 1. The van der Waals surface area contributed by atoms with Crippen molar-refractivity contribution in [3.63, 3.8) is 0 Å². The molecule has 1 aromatic rings. The van der Waals surface area contributed by atoms with Crippen LogP contribution in [0.5, 0.6) is 0 Å². The Morgan fingerprint density at radius 1 is 1.35 bits per heavy atom. The summed E-state index contributed by atoms with van der Waals surface area (Å²) in [6.45, 7) is 7.27. The van der Waals surface area contributed by atoms with Crippen LogP contribution in [0.15, 0.2) is 24.3 Å². The molecule has 0 fully saturated rings. The van der Waals surface area contributed by atoms with Gasteiger partial charge in [-0.3, -0.25) is 4.90 Å². The molecule has 3 nitrogen and oxygen atoms in total. The molecule has 0 saturated heterocycles. The van der Waals surface area contributed by atoms with Crippen molar-refractivity contribution in [3.05, 3.63) is 35.4 Å². The van der Waals surface area contributed by atoms with Gasteiger partial charge in [-0.15, -0.1) is 0 Å². The highest BCUT2D eigenvalue weighted by molar-refractivity contribution is 5.27. The monoisotopic (exact) mass is 237 g/mol. The van der Waals surface area contributed by atoms with E-state index in [0.717, 1.165) is 24.2 Å². The fourth-order valence-electron chi connectivity index (χ4n) is 1.90. The number of aliphatic hydroxyl groups excluding tert-OH is 1. The molecule has 1 unspecified atom stereocenters. The standard InChI is InChI=1S/C14H23NO2/c1-4-15(9-10-17-3)11-14(16)13-8-6-5-7-12(13)2/h5-8,14,16H,4,9-11H2,1-3H3. The fourth-order valence-corrected chi connectivity index (χ4v) is 1.90. The normalized spacial score (nSPS) is 13.0. The first kappa shape index (κ1) is 14.2. The van der Waals surface area contributed by atoms with E-state index < -0.39 is 6.10 Å². The number of benzene rings is 1. The van der Waals surface area contributed by atoms with Crippen LogP contribution >= 0.6 is 0 Å². The van der Waals surface area contributed by atoms with Crippen molar-refractivity contribution >= 4 is 0 Å². The molecule has 1 N–H and O–H groups in total. The lowest BCUT2D eigenvalue weighted by molar-refractivity contribution is 0.0917. The van der Waals surface area contributed by atoms with Gasteiger partial charge < -0.3 is 9.84 Å². The minimum absolute atomic E-state index is 0.423. The van der Waals surface area contributed by atoms with Crippen LogP contribution in [0.2, 0.25) is 0 Å². The van der Waals surface area contributed by atoms with Gasteiger partial charge in [0, 0.05) is 20.2 Å². The third kappa shape index (κ3) is 4.46. The molecule has 0 bridgehead atoms. The summed E-state index contributed by atoms with van der Waals surface area (Å²) >= 11 is 0. The van der Waals surface area contributed by atoms with Crippen LogP contribution in [-0.4, -0.2) is 43.4 Å². The Labute approximate surface area is 104 Å². The highest BCUT2D eigenvalue weighted by Gasteiger charge is 2.13. The van der Waals surface area contributed by atoms with Gasteiger partial charge in [0.25, 0.3) is 0 Å². The molecule has 0 radical (unpaired) electrons. The van der Waals surface area contributed by atoms with Gasteiger partial charge in [0.1, 0.15) is 0 Å². The smallest absolute Gasteiger partial charge is 0.0919 e. The molecule has 3 heteroatoms. The first-order chi connectivity index (χ1) is 8.19. The largest absolute Gasteiger partial charge is 0.387 e. The predicted octanol–water partition coefficient (Wildman–Crippen LogP) is 2.00. The quantitative estimate of drug-likeness (QED) is 0.787. The summed E-state index contributed by atoms with van der Waals surface area (Å²) in [4.78, 5) is 2.20. The molecule has 1 atom stereocenters. The minimum Gasteiger partial charge on any atom is -0.387 e. The molecule has 0 aliphatic heterocycles. The second-order valence-corrected chi connectivity index (χ2v) is 4.26. The maximum Gasteiger partial charge on any atom is 0.0919 e. The van der Waals surface area contributed by atoms with E-state index in [-0.39, 0.29) is 0 Å². The van der Waals surface area contributed by atoms with Crippen molar-refractivity contribution < 1.29 is 9.84 Å². The number of ether oxygens (including phenoxy) is 1. The average Bonchev–Trinajstić information content (AvgIpc) is 2.34. The van der Waals surface area contributed by atoms with Gasteiger partial charge >= 0.3 is 0 Å². The SMILES string of the molecule is CCN(CCOC)CC(O)c1ccccc1C. The van der Waals surface area contributed by atoms with Crippen molar-refractivity contribution in [2.24, 2.45) is 0 Å². The van der Waals surface area contributed by atoms with Gasteiger partial charge in [0.15, 0.2) is 0 Å². The summed E-state index contributed by atoms with van der Waals surface area (Å²) in [6.07, 6.45) is -0.423. The van der Waals surface area contributed by atoms with Crippen molar-refractivity contribution in [1.82, 2.24) is 4.90 Å². The Morgan fingerprint density at radius 3 is 2.65 bits per heavy atom. The zero-order chi connectivity index (χ0) is 12.7. The van der Waals surface area contributed by atoms with Crippen LogP contribution < -0.4 is 0 Å². The second kappa shape index (κ2) is 7.43. The number of rotatable bonds is 7. The van der Waals surface area contributed by atoms with E-state index in [2.05, 4.69) is 11.8 Å². The van der Waals surface area contributed by atoms with Crippen LogP contribution in [0.1, 0.15) is 24.2 Å². The Balaban J connectivity index is 2.58. The molecule has 0 spiro atoms. The Kier molecular flexibility index (Phi) is 6.19. The van der Waals surface area contributed by atoms with Crippen molar-refractivity contribution in [2.45, 2.75) is 20.0 Å². The molecule has 96 valence electrons. The molecule has 0 saturated carbocycles. The van der Waals surface area contributed by atoms with E-state index >= 15 is 0 Å². The third-order valence-corrected chi connectivity index (χ3v) is 3.04. The minimum atomic E-state index is -0.423. The molecule has 0 aromatic heterocycles. The third-order valence-electron chi connectivity index (χ3n) is 3.04. The lowest BCUT2D eigenvalue weighted by Crippen LogP contribution is -2.31. The maximum absolute atomic E-state index is 10.2. The van der Waals surface area contributed by atoms with E-state index in [1.165, 1.54) is 0 Å². The van der Waals surface area contributed by atoms with Crippen LogP contribution in [0.4, 0.5) is 0 Å². The summed E-state index contributed by atoms with van der Waals surface area (Å²) in [5, 5.41) is 10.2. The molecule has 0 aliphatic rings. The van der Waals surface area contributed by atoms with E-state index in [9.17, 15) is 5.11 Å². The molecule has 1 rings (SSSR count). The Hall–Kier alpha value is -0.900. The first-order valence-electron chi connectivity index (χ1n) is 6.14. The van der Waals surface area contributed by atoms with E-state index in [1.807, 2.05) is 31.2 Å². The molecular weight excluding hydrogens is 214 g/mol. The van der Waals surface area contributed by atoms with Gasteiger partial charge in [-0.25, -0.2) is 0 Å². The Bertz CT molecular complexity index is 328. The second-order valence-electron chi connectivity index (χ2n) is 4.26. The summed E-state index contributed by atoms with van der Waals surface area (Å²) in [5.74, 6) is 0. The van der Waals surface area contributed by atoms with Gasteiger partial charge in [0.05, 0.1) is 12.7 Å². The number of methoxy groups -OCH3 is 1. The zero-order valence-corrected chi connectivity index (χ0v) is 11.0. The molecule has 17 heavy (non-hydrogen) atoms. The van der Waals surface area contributed by atoms with E-state index in [4.69, 9.17) is 4.74 Å². The van der Waals surface area contributed by atoms with Crippen LogP contribution in [0.25, 0.3) is 0 Å². The molecule has 0 amide bonds. The van der Waals surface area contributed by atoms with Crippen LogP contribution in [0.3, 0.4) is 0 Å². The molecule has 0 aliphatic carbocycles. The fraction of sp³-hybridized carbons (Fsp3) is 0.571. The number of aryl methyl sites for hydroxylation is 1. The predicted molar refractivity (Wildman–Crippen MR) is 70.1 cm³/mol. The molecule has 0 heterocycles. The first-order valence-corrected chi connectivity index (χ1v) is 6.14. The number of likely N-dealkylation sites (N-methyl/N-ethyl adjacent to an activating group) is 1. The molecule has 1 aromatic carbocycles. The zero-order valence-electron chi connectivity index (χ0n) is 11.0. The molecular formula is C14H23NO2. The van der Waals surface area contributed by atoms with E-state index in [1.54, 1.807) is 7.11 Å². The van der Waals surface area contributed by atoms with Crippen molar-refractivity contribution in [1.29, 1.82) is 0 Å². The van der Waals surface area contributed by atoms with Gasteiger partial charge in [-0.2, -0.15) is 0 Å². The maximum atomic E-state index is 10.2. The Morgan fingerprint density at radius 2 is 2.06 bits per heavy atom. The number of nitrogens with zero attached hydrogens (tertiary/aromatic N) is 1. The summed E-state index contributed by atoms with van der Waals surface area (Å²) in [6, 6.07) is 7.99. The van der Waals surface area contributed by atoms with Gasteiger partial charge in [-0.1, -0.05) is 31.2 Å². The van der Waals surface area contributed by atoms with Crippen LogP contribution in [-0.2, 0) is 4.74 Å². The van der Waals surface area contributed by atoms with E-state index in [0.29, 0.717) is 13.2 Å². The summed E-state index contributed by atoms with van der Waals surface area (Å²) in [7, 11) is 1.70. The lowest BCUT2D eigenvalue weighted by atomic mass is 10.0. The van der Waals surface area contributed by atoms with Crippen molar-refractivity contribution in [2.75, 3.05) is 33.4 Å². The highest BCUT2D eigenvalue weighted by Crippen LogP contribution is 2.18. The lowest BCUT2D eigenvalue weighted by Gasteiger charge is -2.24. The van der Waals surface area contributed by atoms with Gasteiger partial charge in [-0.05, 0) is 24.6 Å². The summed E-state index contributed by atoms with van der Waals surface area (Å²) < 4.78 is 5.06. The number of aliphatic hydroxyl groups is 1. The average molecular weight is 237 g/mol. The van der Waals surface area contributed by atoms with Crippen molar-refractivity contribution in [3.8, 4) is 0 Å². The topological polar surface area (TPSA) is 32.7 Å². The van der Waals surface area contributed by atoms with Crippen LogP contribution in [0, 0.1) is 6.92 Å². The summed E-state index contributed by atoms with van der Waals surface area (Å²) in [5.41, 5.74) is 2.16. The van der Waals surface area contributed by atoms with Gasteiger partial charge in [0.2, 0.25) is 0 Å².